The fourth-order valence-corrected chi connectivity index (χ4v) is 1.86. The van der Waals surface area contributed by atoms with Crippen LogP contribution in [0.25, 0.3) is 0 Å². The molecule has 1 aromatic rings. The average molecular weight is 267 g/mol. The molecule has 0 aromatic heterocycles. The molecule has 0 aliphatic carbocycles. The second-order valence-corrected chi connectivity index (χ2v) is 4.43. The Labute approximate surface area is 116 Å². The average Bonchev–Trinajstić information content (AvgIpc) is 2.47. The molecule has 1 aromatic carbocycles. The van der Waals surface area contributed by atoms with Crippen LogP contribution >= 0.6 is 0 Å². The second-order valence-electron chi connectivity index (χ2n) is 4.43. The van der Waals surface area contributed by atoms with Crippen molar-refractivity contribution < 1.29 is 14.2 Å². The Morgan fingerprint density at radius 3 is 1.89 bits per heavy atom. The molecule has 4 heteroatoms. The highest BCUT2D eigenvalue weighted by Gasteiger charge is 2.05. The highest BCUT2D eigenvalue weighted by molar-refractivity contribution is 5.27. The van der Waals surface area contributed by atoms with Crippen molar-refractivity contribution in [3.63, 3.8) is 0 Å². The quantitative estimate of drug-likeness (QED) is 0.647. The molecule has 0 atom stereocenters. The normalized spacial score (nSPS) is 10.9. The summed E-state index contributed by atoms with van der Waals surface area (Å²) in [5, 5.41) is 0. The zero-order valence-electron chi connectivity index (χ0n) is 12.2. The van der Waals surface area contributed by atoms with E-state index < -0.39 is 0 Å². The van der Waals surface area contributed by atoms with Gasteiger partial charge >= 0.3 is 0 Å². The highest BCUT2D eigenvalue weighted by atomic mass is 16.5. The number of ether oxygens (including phenoxy) is 3. The predicted octanol–water partition coefficient (Wildman–Crippen LogP) is 1.83. The van der Waals surface area contributed by atoms with E-state index in [1.165, 1.54) is 5.56 Å². The molecule has 0 heterocycles. The van der Waals surface area contributed by atoms with Crippen LogP contribution < -0.4 is 4.74 Å². The molecule has 1 rings (SSSR count). The van der Waals surface area contributed by atoms with E-state index in [0.717, 1.165) is 45.0 Å². The summed E-state index contributed by atoms with van der Waals surface area (Å²) in [6, 6.07) is 8.24. The lowest BCUT2D eigenvalue weighted by Crippen LogP contribution is -2.32. The van der Waals surface area contributed by atoms with Crippen LogP contribution in [0.15, 0.2) is 24.3 Å². The van der Waals surface area contributed by atoms with E-state index in [9.17, 15) is 0 Å². The van der Waals surface area contributed by atoms with E-state index in [0.29, 0.717) is 0 Å². The van der Waals surface area contributed by atoms with Gasteiger partial charge in [0.15, 0.2) is 0 Å². The van der Waals surface area contributed by atoms with Gasteiger partial charge in [0.2, 0.25) is 0 Å². The molecule has 0 radical (unpaired) electrons. The van der Waals surface area contributed by atoms with Crippen LogP contribution in [0.5, 0.6) is 5.75 Å². The summed E-state index contributed by atoms with van der Waals surface area (Å²) in [6.45, 7) is 4.41. The predicted molar refractivity (Wildman–Crippen MR) is 76.9 cm³/mol. The number of benzene rings is 1. The fourth-order valence-electron chi connectivity index (χ4n) is 1.86. The SMILES string of the molecule is COCCN(CCOC)CCc1ccc(OC)cc1. The van der Waals surface area contributed by atoms with Crippen molar-refractivity contribution >= 4 is 0 Å². The van der Waals surface area contributed by atoms with Crippen molar-refractivity contribution in [3.8, 4) is 5.75 Å². The van der Waals surface area contributed by atoms with Crippen molar-refractivity contribution in [1.29, 1.82) is 0 Å². The van der Waals surface area contributed by atoms with E-state index in [4.69, 9.17) is 14.2 Å². The lowest BCUT2D eigenvalue weighted by molar-refractivity contribution is 0.115. The Hall–Kier alpha value is -1.10. The van der Waals surface area contributed by atoms with E-state index in [1.54, 1.807) is 21.3 Å². The molecule has 0 saturated heterocycles. The van der Waals surface area contributed by atoms with Gasteiger partial charge in [-0.25, -0.2) is 0 Å². The summed E-state index contributed by atoms with van der Waals surface area (Å²) in [6.07, 6.45) is 1.03. The van der Waals surface area contributed by atoms with Gasteiger partial charge in [-0.15, -0.1) is 0 Å². The molecule has 0 saturated carbocycles. The van der Waals surface area contributed by atoms with Gasteiger partial charge in [0.1, 0.15) is 5.75 Å². The van der Waals surface area contributed by atoms with Crippen molar-refractivity contribution in [2.75, 3.05) is 54.2 Å². The topological polar surface area (TPSA) is 30.9 Å². The Morgan fingerprint density at radius 2 is 1.42 bits per heavy atom. The lowest BCUT2D eigenvalue weighted by atomic mass is 10.1. The zero-order valence-corrected chi connectivity index (χ0v) is 12.2. The smallest absolute Gasteiger partial charge is 0.118 e. The van der Waals surface area contributed by atoms with Crippen molar-refractivity contribution in [2.24, 2.45) is 0 Å². The maximum Gasteiger partial charge on any atom is 0.118 e. The van der Waals surface area contributed by atoms with Crippen LogP contribution in [-0.2, 0) is 15.9 Å². The molecule has 4 nitrogen and oxygen atoms in total. The first-order chi connectivity index (χ1) is 9.30. The van der Waals surface area contributed by atoms with Gasteiger partial charge in [-0.2, -0.15) is 0 Å². The monoisotopic (exact) mass is 267 g/mol. The van der Waals surface area contributed by atoms with Gasteiger partial charge in [-0.3, -0.25) is 4.90 Å². The van der Waals surface area contributed by atoms with Crippen LogP contribution in [0, 0.1) is 0 Å². The van der Waals surface area contributed by atoms with Gasteiger partial charge < -0.3 is 14.2 Å². The highest BCUT2D eigenvalue weighted by Crippen LogP contribution is 2.11. The lowest BCUT2D eigenvalue weighted by Gasteiger charge is -2.21. The molecular weight excluding hydrogens is 242 g/mol. The summed E-state index contributed by atoms with van der Waals surface area (Å²) in [4.78, 5) is 2.36. The summed E-state index contributed by atoms with van der Waals surface area (Å²) < 4.78 is 15.4. The Balaban J connectivity index is 2.39. The number of rotatable bonds is 10. The third-order valence-electron chi connectivity index (χ3n) is 3.10. The van der Waals surface area contributed by atoms with E-state index >= 15 is 0 Å². The molecule has 0 aliphatic rings. The molecule has 0 spiro atoms. The Bertz CT molecular complexity index is 319. The van der Waals surface area contributed by atoms with Crippen LogP contribution in [-0.4, -0.2) is 59.1 Å². The molecule has 0 bridgehead atoms. The molecule has 19 heavy (non-hydrogen) atoms. The van der Waals surface area contributed by atoms with Crippen LogP contribution in [0.3, 0.4) is 0 Å². The van der Waals surface area contributed by atoms with Gasteiger partial charge in [-0.1, -0.05) is 12.1 Å². The molecular formula is C15H25NO3. The summed E-state index contributed by atoms with van der Waals surface area (Å²) in [7, 11) is 5.15. The summed E-state index contributed by atoms with van der Waals surface area (Å²) in [5.74, 6) is 0.902. The van der Waals surface area contributed by atoms with Crippen LogP contribution in [0.4, 0.5) is 0 Å². The first kappa shape index (κ1) is 16.0. The number of hydrogen-bond donors (Lipinski definition) is 0. The third-order valence-corrected chi connectivity index (χ3v) is 3.10. The van der Waals surface area contributed by atoms with E-state index in [-0.39, 0.29) is 0 Å². The molecule has 0 N–H and O–H groups in total. The molecule has 0 unspecified atom stereocenters. The molecule has 108 valence electrons. The largest absolute Gasteiger partial charge is 0.497 e. The van der Waals surface area contributed by atoms with Gasteiger partial charge in [0, 0.05) is 33.9 Å². The zero-order chi connectivity index (χ0) is 13.9. The van der Waals surface area contributed by atoms with E-state index in [1.807, 2.05) is 12.1 Å². The van der Waals surface area contributed by atoms with Gasteiger partial charge in [0.25, 0.3) is 0 Å². The van der Waals surface area contributed by atoms with Gasteiger partial charge in [-0.05, 0) is 24.1 Å². The first-order valence-electron chi connectivity index (χ1n) is 6.63. The standard InChI is InChI=1S/C15H25NO3/c1-17-12-10-16(11-13-18-2)9-8-14-4-6-15(19-3)7-5-14/h4-7H,8-13H2,1-3H3. The van der Waals surface area contributed by atoms with Crippen molar-refractivity contribution in [3.05, 3.63) is 29.8 Å². The third kappa shape index (κ3) is 6.57. The van der Waals surface area contributed by atoms with E-state index in [2.05, 4.69) is 17.0 Å². The number of nitrogens with zero attached hydrogens (tertiary/aromatic N) is 1. The maximum absolute atomic E-state index is 5.16. The first-order valence-corrected chi connectivity index (χ1v) is 6.63. The van der Waals surface area contributed by atoms with Crippen LogP contribution in [0.1, 0.15) is 5.56 Å². The minimum absolute atomic E-state index is 0.756. The number of hydrogen-bond acceptors (Lipinski definition) is 4. The second kappa shape index (κ2) is 9.78. The minimum Gasteiger partial charge on any atom is -0.497 e. The maximum atomic E-state index is 5.16. The summed E-state index contributed by atoms with van der Waals surface area (Å²) >= 11 is 0. The number of methoxy groups -OCH3 is 3. The minimum atomic E-state index is 0.756. The van der Waals surface area contributed by atoms with Crippen LogP contribution in [0.2, 0.25) is 0 Å². The Kier molecular flexibility index (Phi) is 8.21. The van der Waals surface area contributed by atoms with Crippen molar-refractivity contribution in [2.45, 2.75) is 6.42 Å². The summed E-state index contributed by atoms with van der Waals surface area (Å²) in [5.41, 5.74) is 1.32. The fraction of sp³-hybridized carbons (Fsp3) is 0.600. The molecule has 0 fully saturated rings. The molecule has 0 aliphatic heterocycles. The van der Waals surface area contributed by atoms with Gasteiger partial charge in [0.05, 0.1) is 20.3 Å². The molecule has 0 amide bonds. The Morgan fingerprint density at radius 1 is 0.842 bits per heavy atom. The van der Waals surface area contributed by atoms with Crippen molar-refractivity contribution in [1.82, 2.24) is 4.90 Å².